The van der Waals surface area contributed by atoms with Crippen molar-refractivity contribution < 1.29 is 42.4 Å². The van der Waals surface area contributed by atoms with Crippen molar-refractivity contribution in [2.45, 2.75) is 245 Å². The maximum Gasteiger partial charge on any atom is 0.472 e. The van der Waals surface area contributed by atoms with Crippen LogP contribution in [0.3, 0.4) is 0 Å². The van der Waals surface area contributed by atoms with Crippen LogP contribution >= 0.6 is 7.82 Å². The third kappa shape index (κ3) is 42.1. The lowest BCUT2D eigenvalue weighted by atomic mass is 10.0. The maximum absolute atomic E-state index is 12.7. The van der Waals surface area contributed by atoms with Crippen LogP contribution in [-0.2, 0) is 37.5 Å². The molecule has 10 nitrogen and oxygen atoms in total. The Morgan fingerprint density at radius 2 is 0.839 bits per heavy atom. The molecule has 0 saturated heterocycles. The van der Waals surface area contributed by atoms with E-state index >= 15 is 0 Å². The zero-order chi connectivity index (χ0) is 41.2. The van der Waals surface area contributed by atoms with Crippen LogP contribution in [0.5, 0.6) is 0 Å². The maximum atomic E-state index is 12.7. The van der Waals surface area contributed by atoms with Crippen LogP contribution in [-0.4, -0.2) is 55.2 Å². The van der Waals surface area contributed by atoms with Crippen molar-refractivity contribution in [1.82, 2.24) is 5.32 Å². The monoisotopic (exact) mass is 818 g/mol. The molecule has 0 saturated carbocycles. The molecule has 0 rings (SSSR count). The van der Waals surface area contributed by atoms with Crippen LogP contribution in [0.15, 0.2) is 0 Å². The molecule has 1 amide bonds. The third-order valence-electron chi connectivity index (χ3n) is 10.4. The average molecular weight is 818 g/mol. The van der Waals surface area contributed by atoms with Crippen molar-refractivity contribution in [3.8, 4) is 0 Å². The summed E-state index contributed by atoms with van der Waals surface area (Å²) in [5.74, 6) is -1.15. The van der Waals surface area contributed by atoms with Gasteiger partial charge in [-0.25, -0.2) is 4.57 Å². The highest BCUT2D eigenvalue weighted by molar-refractivity contribution is 7.47. The van der Waals surface area contributed by atoms with E-state index in [1.165, 1.54) is 167 Å². The second-order valence-corrected chi connectivity index (χ2v) is 17.4. The molecule has 11 heteroatoms. The summed E-state index contributed by atoms with van der Waals surface area (Å²) in [4.78, 5) is 46.2. The predicted molar refractivity (Wildman–Crippen MR) is 230 cm³/mol. The Balaban J connectivity index is 4.24. The summed E-state index contributed by atoms with van der Waals surface area (Å²) in [5, 5.41) is 2.47. The van der Waals surface area contributed by atoms with Crippen molar-refractivity contribution in [3.63, 3.8) is 0 Å². The molecule has 0 heterocycles. The molecule has 0 aromatic carbocycles. The lowest BCUT2D eigenvalue weighted by Crippen LogP contribution is -2.30. The standard InChI is InChI=1S/C45H88NO9P/c1-4-6-8-10-12-14-16-18-20-21-23-24-26-28-30-32-34-36-44(48)52-40-43(41-54-56(50,51)53-39-38-46-42(3)47)55-45(49)37-35-33-31-29-27-25-22-19-17-15-13-11-9-7-5-2/h43H,4-41H2,1-3H3,(H,46,47)(H,50,51)/t43-/m1/s1. The molecule has 2 N–H and O–H groups in total. The van der Waals surface area contributed by atoms with Crippen LogP contribution in [0.25, 0.3) is 0 Å². The second-order valence-electron chi connectivity index (χ2n) is 16.0. The fourth-order valence-corrected chi connectivity index (χ4v) is 7.61. The summed E-state index contributed by atoms with van der Waals surface area (Å²) in [5.41, 5.74) is 0. The van der Waals surface area contributed by atoms with E-state index in [0.29, 0.717) is 6.42 Å². The summed E-state index contributed by atoms with van der Waals surface area (Å²) in [6.45, 7) is 4.92. The first kappa shape index (κ1) is 54.5. The minimum absolute atomic E-state index is 0.0396. The minimum Gasteiger partial charge on any atom is -0.462 e. The Bertz CT molecular complexity index is 951. The van der Waals surface area contributed by atoms with Gasteiger partial charge in [0.2, 0.25) is 5.91 Å². The number of unbranched alkanes of at least 4 members (excludes halogenated alkanes) is 30. The first-order valence-corrected chi connectivity index (χ1v) is 24.9. The summed E-state index contributed by atoms with van der Waals surface area (Å²) >= 11 is 0. The van der Waals surface area contributed by atoms with Gasteiger partial charge in [0, 0.05) is 26.3 Å². The molecule has 0 aromatic heterocycles. The van der Waals surface area contributed by atoms with E-state index in [4.69, 9.17) is 18.5 Å². The molecule has 332 valence electrons. The highest BCUT2D eigenvalue weighted by Crippen LogP contribution is 2.43. The minimum atomic E-state index is -4.48. The first-order chi connectivity index (χ1) is 27.2. The van der Waals surface area contributed by atoms with E-state index in [1.807, 2.05) is 0 Å². The average Bonchev–Trinajstić information content (AvgIpc) is 3.17. The molecule has 0 bridgehead atoms. The number of hydrogen-bond acceptors (Lipinski definition) is 8. The van der Waals surface area contributed by atoms with E-state index in [1.54, 1.807) is 0 Å². The SMILES string of the molecule is CCCCCCCCCCCCCCCCCCCC(=O)OC[C@H](COP(=O)(O)OCCNC(C)=O)OC(=O)CCCCCCCCCCCCCCCCC. The van der Waals surface area contributed by atoms with Crippen LogP contribution in [0.4, 0.5) is 0 Å². The smallest absolute Gasteiger partial charge is 0.462 e. The Kier molecular flexibility index (Phi) is 40.6. The zero-order valence-electron chi connectivity index (χ0n) is 36.6. The van der Waals surface area contributed by atoms with Crippen molar-refractivity contribution >= 4 is 25.7 Å². The van der Waals surface area contributed by atoms with E-state index in [-0.39, 0.29) is 38.5 Å². The molecule has 0 aromatic rings. The molecule has 56 heavy (non-hydrogen) atoms. The Morgan fingerprint density at radius 1 is 0.500 bits per heavy atom. The van der Waals surface area contributed by atoms with Gasteiger partial charge in [-0.05, 0) is 12.8 Å². The van der Waals surface area contributed by atoms with Gasteiger partial charge in [0.25, 0.3) is 0 Å². The molecule has 0 fully saturated rings. The summed E-state index contributed by atoms with van der Waals surface area (Å²) in [6, 6.07) is 0. The molecule has 0 aliphatic rings. The highest BCUT2D eigenvalue weighted by atomic mass is 31.2. The topological polar surface area (TPSA) is 137 Å². The lowest BCUT2D eigenvalue weighted by molar-refractivity contribution is -0.161. The van der Waals surface area contributed by atoms with Crippen molar-refractivity contribution in [1.29, 1.82) is 0 Å². The first-order valence-electron chi connectivity index (χ1n) is 23.4. The molecule has 0 aliphatic carbocycles. The number of hydrogen-bond donors (Lipinski definition) is 2. The highest BCUT2D eigenvalue weighted by Gasteiger charge is 2.26. The molecular weight excluding hydrogens is 729 g/mol. The van der Waals surface area contributed by atoms with Gasteiger partial charge in [0.05, 0.1) is 13.2 Å². The van der Waals surface area contributed by atoms with Crippen LogP contribution in [0, 0.1) is 0 Å². The number of esters is 2. The van der Waals surface area contributed by atoms with Crippen LogP contribution in [0.1, 0.15) is 239 Å². The Morgan fingerprint density at radius 3 is 1.20 bits per heavy atom. The van der Waals surface area contributed by atoms with Gasteiger partial charge in [-0.2, -0.15) is 0 Å². The van der Waals surface area contributed by atoms with Crippen molar-refractivity contribution in [2.24, 2.45) is 0 Å². The summed E-state index contributed by atoms with van der Waals surface area (Å²) in [7, 11) is -4.48. The zero-order valence-corrected chi connectivity index (χ0v) is 37.5. The number of carbonyl (C=O) groups is 3. The number of ether oxygens (including phenoxy) is 2. The number of phosphoric ester groups is 1. The number of carbonyl (C=O) groups excluding carboxylic acids is 3. The largest absolute Gasteiger partial charge is 0.472 e. The van der Waals surface area contributed by atoms with Gasteiger partial charge in [-0.15, -0.1) is 0 Å². The van der Waals surface area contributed by atoms with E-state index in [2.05, 4.69) is 19.2 Å². The Labute approximate surface area is 344 Å². The molecule has 0 spiro atoms. The number of nitrogens with one attached hydrogen (secondary N) is 1. The van der Waals surface area contributed by atoms with E-state index < -0.39 is 32.5 Å². The van der Waals surface area contributed by atoms with Crippen LogP contribution < -0.4 is 5.32 Å². The number of amides is 1. The molecule has 0 aliphatic heterocycles. The van der Waals surface area contributed by atoms with Gasteiger partial charge in [-0.1, -0.05) is 206 Å². The molecular formula is C45H88NO9P. The van der Waals surface area contributed by atoms with E-state index in [9.17, 15) is 23.8 Å². The van der Waals surface area contributed by atoms with Crippen LogP contribution in [0.2, 0.25) is 0 Å². The van der Waals surface area contributed by atoms with Gasteiger partial charge in [0.1, 0.15) is 6.61 Å². The Hall–Kier alpha value is -1.48. The summed E-state index contributed by atoms with van der Waals surface area (Å²) < 4.78 is 33.2. The number of phosphoric acid groups is 1. The second kappa shape index (κ2) is 41.7. The molecule has 0 radical (unpaired) electrons. The molecule has 2 atom stereocenters. The van der Waals surface area contributed by atoms with Gasteiger partial charge in [-0.3, -0.25) is 23.4 Å². The molecule has 1 unspecified atom stereocenters. The fourth-order valence-electron chi connectivity index (χ4n) is 6.86. The van der Waals surface area contributed by atoms with Gasteiger partial charge >= 0.3 is 19.8 Å². The van der Waals surface area contributed by atoms with E-state index in [0.717, 1.165) is 38.5 Å². The predicted octanol–water partition coefficient (Wildman–Crippen LogP) is 13.0. The lowest BCUT2D eigenvalue weighted by Gasteiger charge is -2.20. The quantitative estimate of drug-likeness (QED) is 0.0349. The van der Waals surface area contributed by atoms with Crippen molar-refractivity contribution in [2.75, 3.05) is 26.4 Å². The third-order valence-corrected chi connectivity index (χ3v) is 11.3. The van der Waals surface area contributed by atoms with Gasteiger partial charge in [0.15, 0.2) is 6.10 Å². The van der Waals surface area contributed by atoms with Crippen molar-refractivity contribution in [3.05, 3.63) is 0 Å². The fraction of sp³-hybridized carbons (Fsp3) is 0.933. The normalized spacial score (nSPS) is 13.0. The summed E-state index contributed by atoms with van der Waals surface area (Å²) in [6.07, 6.45) is 39.4. The van der Waals surface area contributed by atoms with Gasteiger partial charge < -0.3 is 19.7 Å². The number of rotatable bonds is 44.